The van der Waals surface area contributed by atoms with Crippen molar-refractivity contribution in [3.63, 3.8) is 0 Å². The maximum absolute atomic E-state index is 10.3. The van der Waals surface area contributed by atoms with Gasteiger partial charge in [0.2, 0.25) is 0 Å². The van der Waals surface area contributed by atoms with E-state index in [0.29, 0.717) is 13.2 Å². The Morgan fingerprint density at radius 3 is 2.29 bits per heavy atom. The molecule has 0 radical (unpaired) electrons. The Morgan fingerprint density at radius 1 is 0.893 bits per heavy atom. The Balaban J connectivity index is 1.43. The zero-order chi connectivity index (χ0) is 19.8. The third kappa shape index (κ3) is 5.86. The second-order valence-electron chi connectivity index (χ2n) is 7.03. The van der Waals surface area contributed by atoms with E-state index in [1.807, 2.05) is 48.5 Å². The van der Waals surface area contributed by atoms with Crippen molar-refractivity contribution in [3.8, 4) is 17.2 Å². The number of rotatable bonds is 9. The first-order valence-electron chi connectivity index (χ1n) is 9.69. The Bertz CT molecular complexity index is 718. The van der Waals surface area contributed by atoms with Gasteiger partial charge in [-0.1, -0.05) is 18.2 Å². The van der Waals surface area contributed by atoms with E-state index in [0.717, 1.165) is 55.5 Å². The Labute approximate surface area is 167 Å². The standard InChI is InChI=1S/C22H30N2O4/c1-26-21-8-9-22(27-2)18(14-21)15-23-10-12-24(13-11-23)16-19(25)17-28-20-6-4-3-5-7-20/h3-9,14,19,25H,10-13,15-17H2,1-2H3. The van der Waals surface area contributed by atoms with Gasteiger partial charge in [0, 0.05) is 44.8 Å². The van der Waals surface area contributed by atoms with E-state index in [-0.39, 0.29) is 0 Å². The number of β-amino-alcohol motifs (C(OH)–C–C–N with tert-alkyl or cyclic N) is 1. The van der Waals surface area contributed by atoms with E-state index in [1.165, 1.54) is 0 Å². The summed E-state index contributed by atoms with van der Waals surface area (Å²) < 4.78 is 16.5. The fourth-order valence-corrected chi connectivity index (χ4v) is 3.44. The highest BCUT2D eigenvalue weighted by atomic mass is 16.5. The van der Waals surface area contributed by atoms with Gasteiger partial charge in [0.15, 0.2) is 0 Å². The van der Waals surface area contributed by atoms with E-state index in [9.17, 15) is 5.11 Å². The van der Waals surface area contributed by atoms with Crippen molar-refractivity contribution in [2.75, 3.05) is 53.6 Å². The Kier molecular flexibility index (Phi) is 7.54. The molecule has 0 amide bonds. The summed E-state index contributed by atoms with van der Waals surface area (Å²) in [5.41, 5.74) is 1.13. The summed E-state index contributed by atoms with van der Waals surface area (Å²) in [7, 11) is 3.37. The Morgan fingerprint density at radius 2 is 1.61 bits per heavy atom. The van der Waals surface area contributed by atoms with Gasteiger partial charge in [-0.15, -0.1) is 0 Å². The van der Waals surface area contributed by atoms with Crippen molar-refractivity contribution in [1.29, 1.82) is 0 Å². The van der Waals surface area contributed by atoms with Gasteiger partial charge in [-0.2, -0.15) is 0 Å². The Hall–Kier alpha value is -2.28. The number of benzene rings is 2. The van der Waals surface area contributed by atoms with Crippen LogP contribution >= 0.6 is 0 Å². The number of ether oxygens (including phenoxy) is 3. The molecule has 1 aliphatic rings. The van der Waals surface area contributed by atoms with Crippen LogP contribution in [0.1, 0.15) is 5.56 Å². The van der Waals surface area contributed by atoms with Gasteiger partial charge in [-0.3, -0.25) is 9.80 Å². The summed E-state index contributed by atoms with van der Waals surface area (Å²) in [6.07, 6.45) is -0.495. The number of aliphatic hydroxyl groups is 1. The second-order valence-corrected chi connectivity index (χ2v) is 7.03. The van der Waals surface area contributed by atoms with Crippen LogP contribution in [0.3, 0.4) is 0 Å². The van der Waals surface area contributed by atoms with Crippen LogP contribution in [-0.4, -0.2) is 74.6 Å². The van der Waals surface area contributed by atoms with Crippen molar-refractivity contribution >= 4 is 0 Å². The molecule has 1 heterocycles. The van der Waals surface area contributed by atoms with Crippen LogP contribution in [-0.2, 0) is 6.54 Å². The lowest BCUT2D eigenvalue weighted by atomic mass is 10.1. The van der Waals surface area contributed by atoms with Crippen LogP contribution in [0.15, 0.2) is 48.5 Å². The van der Waals surface area contributed by atoms with Gasteiger partial charge in [-0.25, -0.2) is 0 Å². The van der Waals surface area contributed by atoms with Crippen LogP contribution in [0.5, 0.6) is 17.2 Å². The minimum absolute atomic E-state index is 0.311. The molecule has 0 aliphatic carbocycles. The van der Waals surface area contributed by atoms with Crippen molar-refractivity contribution < 1.29 is 19.3 Å². The highest BCUT2D eigenvalue weighted by Crippen LogP contribution is 2.25. The number of aliphatic hydroxyl groups excluding tert-OH is 1. The van der Waals surface area contributed by atoms with Gasteiger partial charge >= 0.3 is 0 Å². The maximum Gasteiger partial charge on any atom is 0.123 e. The van der Waals surface area contributed by atoms with Crippen molar-refractivity contribution in [1.82, 2.24) is 9.80 Å². The van der Waals surface area contributed by atoms with Gasteiger partial charge < -0.3 is 19.3 Å². The largest absolute Gasteiger partial charge is 0.497 e. The van der Waals surface area contributed by atoms with Crippen molar-refractivity contribution in [2.45, 2.75) is 12.6 Å². The SMILES string of the molecule is COc1ccc(OC)c(CN2CCN(CC(O)COc3ccccc3)CC2)c1. The quantitative estimate of drug-likeness (QED) is 0.714. The third-order valence-electron chi connectivity index (χ3n) is 5.00. The number of nitrogens with zero attached hydrogens (tertiary/aromatic N) is 2. The average Bonchev–Trinajstić information content (AvgIpc) is 2.74. The summed E-state index contributed by atoms with van der Waals surface area (Å²) in [6.45, 7) is 5.52. The fraction of sp³-hybridized carbons (Fsp3) is 0.455. The molecule has 2 aromatic rings. The van der Waals surface area contributed by atoms with Crippen LogP contribution in [0.2, 0.25) is 0 Å². The van der Waals surface area contributed by atoms with Gasteiger partial charge in [0.25, 0.3) is 0 Å². The molecule has 6 nitrogen and oxygen atoms in total. The lowest BCUT2D eigenvalue weighted by molar-refractivity contribution is 0.0445. The smallest absolute Gasteiger partial charge is 0.123 e. The molecule has 1 unspecified atom stereocenters. The summed E-state index contributed by atoms with van der Waals surface area (Å²) in [4.78, 5) is 4.69. The molecule has 0 saturated carbocycles. The molecule has 1 aliphatic heterocycles. The van der Waals surface area contributed by atoms with Crippen LogP contribution in [0.4, 0.5) is 0 Å². The minimum Gasteiger partial charge on any atom is -0.497 e. The summed E-state index contributed by atoms with van der Waals surface area (Å²) in [6, 6.07) is 15.5. The normalized spacial score (nSPS) is 16.5. The van der Waals surface area contributed by atoms with E-state index in [1.54, 1.807) is 14.2 Å². The molecule has 1 saturated heterocycles. The number of hydrogen-bond donors (Lipinski definition) is 1. The molecule has 2 aromatic carbocycles. The molecule has 28 heavy (non-hydrogen) atoms. The van der Waals surface area contributed by atoms with Gasteiger partial charge in [0.1, 0.15) is 30.0 Å². The monoisotopic (exact) mass is 386 g/mol. The lowest BCUT2D eigenvalue weighted by Gasteiger charge is -2.35. The molecule has 0 spiro atoms. The summed E-state index contributed by atoms with van der Waals surface area (Å²) in [5.74, 6) is 2.52. The number of piperazine rings is 1. The van der Waals surface area contributed by atoms with Gasteiger partial charge in [-0.05, 0) is 30.3 Å². The predicted octanol–water partition coefficient (Wildman–Crippen LogP) is 2.26. The predicted molar refractivity (Wildman–Crippen MR) is 109 cm³/mol. The van der Waals surface area contributed by atoms with Crippen molar-refractivity contribution in [2.24, 2.45) is 0 Å². The first-order valence-corrected chi connectivity index (χ1v) is 9.69. The van der Waals surface area contributed by atoms with Crippen LogP contribution < -0.4 is 14.2 Å². The maximum atomic E-state index is 10.3. The second kappa shape index (κ2) is 10.3. The van der Waals surface area contributed by atoms with E-state index >= 15 is 0 Å². The zero-order valence-corrected chi connectivity index (χ0v) is 16.7. The summed E-state index contributed by atoms with van der Waals surface area (Å²) >= 11 is 0. The molecular weight excluding hydrogens is 356 g/mol. The minimum atomic E-state index is -0.495. The fourth-order valence-electron chi connectivity index (χ4n) is 3.44. The van der Waals surface area contributed by atoms with E-state index < -0.39 is 6.10 Å². The van der Waals surface area contributed by atoms with Crippen molar-refractivity contribution in [3.05, 3.63) is 54.1 Å². The molecule has 1 atom stereocenters. The number of hydrogen-bond acceptors (Lipinski definition) is 6. The molecule has 152 valence electrons. The number of methoxy groups -OCH3 is 2. The third-order valence-corrected chi connectivity index (χ3v) is 5.00. The topological polar surface area (TPSA) is 54.4 Å². The first kappa shape index (κ1) is 20.5. The van der Waals surface area contributed by atoms with Gasteiger partial charge in [0.05, 0.1) is 14.2 Å². The molecular formula is C22H30N2O4. The lowest BCUT2D eigenvalue weighted by Crippen LogP contribution is -2.48. The van der Waals surface area contributed by atoms with E-state index in [2.05, 4.69) is 9.80 Å². The highest BCUT2D eigenvalue weighted by molar-refractivity contribution is 5.40. The van der Waals surface area contributed by atoms with Crippen LogP contribution in [0.25, 0.3) is 0 Å². The molecule has 0 aromatic heterocycles. The molecule has 6 heteroatoms. The zero-order valence-electron chi connectivity index (χ0n) is 16.7. The summed E-state index contributed by atoms with van der Waals surface area (Å²) in [5, 5.41) is 10.3. The average molecular weight is 386 g/mol. The molecule has 1 fully saturated rings. The highest BCUT2D eigenvalue weighted by Gasteiger charge is 2.20. The van der Waals surface area contributed by atoms with Crippen LogP contribution in [0, 0.1) is 0 Å². The molecule has 0 bridgehead atoms. The number of para-hydroxylation sites is 1. The molecule has 3 rings (SSSR count). The molecule has 1 N–H and O–H groups in total. The van der Waals surface area contributed by atoms with E-state index in [4.69, 9.17) is 14.2 Å². The first-order chi connectivity index (χ1) is 13.7.